The lowest BCUT2D eigenvalue weighted by Gasteiger charge is -2.36. The molecular formula is C17H37N3O+2. The first-order valence-corrected chi connectivity index (χ1v) is 9.08. The molecule has 2 fully saturated rings. The lowest BCUT2D eigenvalue weighted by molar-refractivity contribution is -0.858. The fraction of sp³-hybridized carbons (Fsp3) is 1.00. The minimum Gasteiger partial charge on any atom is -0.381 e. The first-order chi connectivity index (χ1) is 10.2. The molecule has 1 unspecified atom stereocenters. The van der Waals surface area contributed by atoms with Crippen molar-refractivity contribution in [2.24, 2.45) is 5.92 Å². The van der Waals surface area contributed by atoms with Gasteiger partial charge in [-0.1, -0.05) is 0 Å². The highest BCUT2D eigenvalue weighted by atomic mass is 16.5. The van der Waals surface area contributed by atoms with Crippen molar-refractivity contribution in [1.82, 2.24) is 4.90 Å². The van der Waals surface area contributed by atoms with Crippen LogP contribution in [0.25, 0.3) is 0 Å². The molecule has 3 N–H and O–H groups in total. The van der Waals surface area contributed by atoms with Crippen molar-refractivity contribution in [2.45, 2.75) is 57.2 Å². The van der Waals surface area contributed by atoms with Crippen molar-refractivity contribution in [3.63, 3.8) is 0 Å². The Labute approximate surface area is 131 Å². The van der Waals surface area contributed by atoms with Gasteiger partial charge in [0.25, 0.3) is 0 Å². The van der Waals surface area contributed by atoms with Crippen molar-refractivity contribution >= 4 is 0 Å². The minimum absolute atomic E-state index is 0.530. The van der Waals surface area contributed by atoms with E-state index >= 15 is 0 Å². The number of quaternary nitrogens is 2. The average molecular weight is 300 g/mol. The third kappa shape index (κ3) is 5.85. The summed E-state index contributed by atoms with van der Waals surface area (Å²) in [6.45, 7) is 5.16. The zero-order valence-corrected chi connectivity index (χ0v) is 14.4. The third-order valence-corrected chi connectivity index (χ3v) is 5.38. The summed E-state index contributed by atoms with van der Waals surface area (Å²) >= 11 is 0. The average Bonchev–Trinajstić information content (AvgIpc) is 2.52. The Bertz CT molecular complexity index is 271. The molecule has 21 heavy (non-hydrogen) atoms. The number of likely N-dealkylation sites (N-methyl/N-ethyl adjacent to an activating group) is 1. The van der Waals surface area contributed by atoms with Crippen molar-refractivity contribution in [1.29, 1.82) is 0 Å². The molecule has 1 saturated carbocycles. The Hall–Kier alpha value is -0.160. The van der Waals surface area contributed by atoms with Gasteiger partial charge in [-0.15, -0.1) is 0 Å². The number of rotatable bonds is 7. The Kier molecular flexibility index (Phi) is 7.44. The van der Waals surface area contributed by atoms with Gasteiger partial charge in [0.1, 0.15) is 6.17 Å². The quantitative estimate of drug-likeness (QED) is 0.677. The molecule has 4 nitrogen and oxygen atoms in total. The molecule has 0 spiro atoms. The first-order valence-electron chi connectivity index (χ1n) is 9.08. The lowest BCUT2D eigenvalue weighted by Crippen LogP contribution is -3.07. The van der Waals surface area contributed by atoms with Crippen LogP contribution < -0.4 is 10.2 Å². The number of hydrogen-bond donors (Lipinski definition) is 2. The second kappa shape index (κ2) is 9.09. The Morgan fingerprint density at radius 2 is 1.86 bits per heavy atom. The van der Waals surface area contributed by atoms with Crippen molar-refractivity contribution in [2.75, 3.05) is 47.4 Å². The molecule has 0 aromatic rings. The Morgan fingerprint density at radius 3 is 2.43 bits per heavy atom. The van der Waals surface area contributed by atoms with Gasteiger partial charge in [-0.3, -0.25) is 0 Å². The molecule has 124 valence electrons. The number of nitrogens with one attached hydrogen (secondary N) is 1. The monoisotopic (exact) mass is 299 g/mol. The summed E-state index contributed by atoms with van der Waals surface area (Å²) in [6.07, 6.45) is 10.7. The number of nitrogens with two attached hydrogens (primary N) is 1. The summed E-state index contributed by atoms with van der Waals surface area (Å²) in [5, 5.41) is 2.59. The predicted molar refractivity (Wildman–Crippen MR) is 86.4 cm³/mol. The SMILES string of the molecule is COC1CCC(CN(CC[NH+](C)C)C2CCCC[NH2+]2)CC1. The van der Waals surface area contributed by atoms with Crippen LogP contribution in [0.5, 0.6) is 0 Å². The van der Waals surface area contributed by atoms with Crippen LogP contribution in [-0.4, -0.2) is 64.6 Å². The highest BCUT2D eigenvalue weighted by Gasteiger charge is 2.29. The van der Waals surface area contributed by atoms with Crippen molar-refractivity contribution in [3.8, 4) is 0 Å². The molecular weight excluding hydrogens is 262 g/mol. The smallest absolute Gasteiger partial charge is 0.142 e. The van der Waals surface area contributed by atoms with Crippen LogP contribution in [0.1, 0.15) is 44.9 Å². The summed E-state index contributed by atoms with van der Waals surface area (Å²) in [4.78, 5) is 4.36. The number of hydrogen-bond acceptors (Lipinski definition) is 2. The van der Waals surface area contributed by atoms with Gasteiger partial charge in [-0.2, -0.15) is 0 Å². The molecule has 1 aliphatic heterocycles. The van der Waals surface area contributed by atoms with Gasteiger partial charge in [0, 0.05) is 20.1 Å². The molecule has 4 heteroatoms. The summed E-state index contributed by atoms with van der Waals surface area (Å²) < 4.78 is 5.52. The van der Waals surface area contributed by atoms with Gasteiger partial charge in [-0.25, -0.2) is 4.90 Å². The fourth-order valence-electron chi connectivity index (χ4n) is 3.90. The number of ether oxygens (including phenoxy) is 1. The second-order valence-corrected chi connectivity index (χ2v) is 7.42. The van der Waals surface area contributed by atoms with Gasteiger partial charge < -0.3 is 15.0 Å². The van der Waals surface area contributed by atoms with Crippen molar-refractivity contribution < 1.29 is 15.0 Å². The summed E-state index contributed by atoms with van der Waals surface area (Å²) in [7, 11) is 6.41. The van der Waals surface area contributed by atoms with Gasteiger partial charge >= 0.3 is 0 Å². The van der Waals surface area contributed by atoms with E-state index in [-0.39, 0.29) is 0 Å². The molecule has 0 bridgehead atoms. The van der Waals surface area contributed by atoms with Gasteiger partial charge in [-0.05, 0) is 44.4 Å². The van der Waals surface area contributed by atoms with E-state index in [4.69, 9.17) is 4.74 Å². The molecule has 2 rings (SSSR count). The fourth-order valence-corrected chi connectivity index (χ4v) is 3.90. The van der Waals surface area contributed by atoms with E-state index in [0.29, 0.717) is 6.10 Å². The molecule has 0 radical (unpaired) electrons. The van der Waals surface area contributed by atoms with E-state index < -0.39 is 0 Å². The summed E-state index contributed by atoms with van der Waals surface area (Å²) in [6, 6.07) is 0. The van der Waals surface area contributed by atoms with E-state index in [1.807, 2.05) is 7.11 Å². The molecule has 0 aromatic carbocycles. The largest absolute Gasteiger partial charge is 0.381 e. The number of methoxy groups -OCH3 is 1. The van der Waals surface area contributed by atoms with Crippen molar-refractivity contribution in [3.05, 3.63) is 0 Å². The molecule has 2 aliphatic rings. The van der Waals surface area contributed by atoms with E-state index in [2.05, 4.69) is 24.3 Å². The zero-order valence-electron chi connectivity index (χ0n) is 14.4. The summed E-state index contributed by atoms with van der Waals surface area (Å²) in [5.41, 5.74) is 0. The number of piperidine rings is 1. The number of nitrogens with zero attached hydrogens (tertiary/aromatic N) is 1. The molecule has 1 heterocycles. The van der Waals surface area contributed by atoms with E-state index in [1.165, 1.54) is 71.1 Å². The maximum Gasteiger partial charge on any atom is 0.142 e. The Balaban J connectivity index is 1.82. The molecule has 0 aromatic heterocycles. The lowest BCUT2D eigenvalue weighted by atomic mass is 9.86. The van der Waals surface area contributed by atoms with E-state index in [1.54, 1.807) is 4.90 Å². The summed E-state index contributed by atoms with van der Waals surface area (Å²) in [5.74, 6) is 0.892. The van der Waals surface area contributed by atoms with E-state index in [9.17, 15) is 0 Å². The normalized spacial score (nSPS) is 31.0. The Morgan fingerprint density at radius 1 is 1.10 bits per heavy atom. The van der Waals surface area contributed by atoms with Crippen LogP contribution in [0, 0.1) is 5.92 Å². The van der Waals surface area contributed by atoms with Crippen LogP contribution in [0.3, 0.4) is 0 Å². The van der Waals surface area contributed by atoms with Crippen LogP contribution in [0.4, 0.5) is 0 Å². The first kappa shape index (κ1) is 17.2. The van der Waals surface area contributed by atoms with Gasteiger partial charge in [0.15, 0.2) is 0 Å². The topological polar surface area (TPSA) is 33.5 Å². The van der Waals surface area contributed by atoms with Crippen LogP contribution in [0.15, 0.2) is 0 Å². The van der Waals surface area contributed by atoms with Crippen LogP contribution >= 0.6 is 0 Å². The second-order valence-electron chi connectivity index (χ2n) is 7.42. The van der Waals surface area contributed by atoms with Crippen LogP contribution in [-0.2, 0) is 4.74 Å². The highest BCUT2D eigenvalue weighted by Crippen LogP contribution is 2.27. The zero-order chi connectivity index (χ0) is 15.1. The molecule has 0 amide bonds. The minimum atomic E-state index is 0.530. The molecule has 1 atom stereocenters. The molecule has 1 saturated heterocycles. The third-order valence-electron chi connectivity index (χ3n) is 5.38. The van der Waals surface area contributed by atoms with Gasteiger partial charge in [0.2, 0.25) is 0 Å². The van der Waals surface area contributed by atoms with E-state index in [0.717, 1.165) is 12.1 Å². The maximum absolute atomic E-state index is 5.52. The standard InChI is InChI=1S/C17H35N3O/c1-19(2)12-13-20(17-6-4-5-11-18-17)14-15-7-9-16(21-3)10-8-15/h15-18H,4-14H2,1-3H3/p+2. The van der Waals surface area contributed by atoms with Crippen LogP contribution in [0.2, 0.25) is 0 Å². The molecule has 1 aliphatic carbocycles. The maximum atomic E-state index is 5.52. The van der Waals surface area contributed by atoms with Gasteiger partial charge in [0.05, 0.1) is 39.8 Å². The predicted octanol–water partition coefficient (Wildman–Crippen LogP) is -0.288. The highest BCUT2D eigenvalue weighted by molar-refractivity contribution is 4.76.